The maximum atomic E-state index is 13.9. The molecule has 0 fully saturated rings. The number of nitrogens with two attached hydrogens (primary N) is 2. The van der Waals surface area contributed by atoms with E-state index in [0.717, 1.165) is 0 Å². The molecule has 0 unspecified atom stereocenters. The minimum atomic E-state index is -0.600. The number of ether oxygens (including phenoxy) is 1. The van der Waals surface area contributed by atoms with E-state index in [1.165, 1.54) is 0 Å². The number of aromatic nitrogens is 8. The van der Waals surface area contributed by atoms with Crippen LogP contribution in [0.3, 0.4) is 0 Å². The lowest BCUT2D eigenvalue weighted by molar-refractivity contribution is -0.142. The number of carbonyl (C=O) groups excluding carboxylic acids is 5. The zero-order valence-corrected chi connectivity index (χ0v) is 38.3. The van der Waals surface area contributed by atoms with E-state index in [9.17, 15) is 24.0 Å². The van der Waals surface area contributed by atoms with Gasteiger partial charge >= 0.3 is 0 Å². The average Bonchev–Trinajstić information content (AvgIpc) is 3.97. The number of primary amides is 2. The molecule has 4 aromatic heterocycles. The van der Waals surface area contributed by atoms with Crippen molar-refractivity contribution in [2.75, 3.05) is 6.61 Å². The molecule has 4 heterocycles. The number of carbonyl (C=O) groups is 5. The third-order valence-corrected chi connectivity index (χ3v) is 11.3. The minimum Gasteiger partial charge on any atom is -0.368 e. The van der Waals surface area contributed by atoms with Crippen molar-refractivity contribution in [1.82, 2.24) is 42.7 Å². The number of nitrogens with zero attached hydrogens (tertiary/aromatic N) is 11. The molecule has 0 spiro atoms. The Morgan fingerprint density at radius 2 is 1.06 bits per heavy atom. The molecule has 0 saturated carbocycles. The summed E-state index contributed by atoms with van der Waals surface area (Å²) in [6, 6.07) is 13.4. The van der Waals surface area contributed by atoms with Crippen molar-refractivity contribution in [3.05, 3.63) is 93.7 Å². The number of benzene rings is 2. The SMILES string of the molecule is CCn1nc(C)cc1C(=O)N=c1n(C)c2cc(C(N)=O)ccc2n1CCC(CCn1c(=NC(=O)c2cc(C)nn2CC)n(C)c2cc(C(N)=O)ccc21)OCC(=O)N(C(C)C)C(C)C. The monoisotopic (exact) mass is 877 g/mol. The largest absolute Gasteiger partial charge is 0.368 e. The average molecular weight is 878 g/mol. The fourth-order valence-electron chi connectivity index (χ4n) is 8.36. The van der Waals surface area contributed by atoms with Gasteiger partial charge in [0.1, 0.15) is 18.0 Å². The summed E-state index contributed by atoms with van der Waals surface area (Å²) in [6.07, 6.45) is 0.127. The molecule has 0 radical (unpaired) electrons. The summed E-state index contributed by atoms with van der Waals surface area (Å²) in [7, 11) is 3.53. The maximum absolute atomic E-state index is 13.9. The topological polar surface area (TPSA) is 230 Å². The van der Waals surface area contributed by atoms with Gasteiger partial charge in [0.15, 0.2) is 0 Å². The molecule has 6 rings (SSSR count). The van der Waals surface area contributed by atoms with E-state index in [-0.39, 0.29) is 37.7 Å². The Hall–Kier alpha value is -6.89. The van der Waals surface area contributed by atoms with Crippen molar-refractivity contribution in [3.8, 4) is 0 Å². The highest BCUT2D eigenvalue weighted by Crippen LogP contribution is 2.20. The van der Waals surface area contributed by atoms with Gasteiger partial charge in [-0.05, 0) is 117 Å². The first-order valence-electron chi connectivity index (χ1n) is 21.5. The van der Waals surface area contributed by atoms with E-state index < -0.39 is 29.7 Å². The van der Waals surface area contributed by atoms with E-state index in [1.54, 1.807) is 86.0 Å². The molecule has 0 aliphatic carbocycles. The van der Waals surface area contributed by atoms with Crippen LogP contribution < -0.4 is 22.7 Å². The van der Waals surface area contributed by atoms with Crippen LogP contribution in [0.5, 0.6) is 0 Å². The molecule has 6 aromatic rings. The zero-order valence-electron chi connectivity index (χ0n) is 38.3. The van der Waals surface area contributed by atoms with Crippen LogP contribution in [0.25, 0.3) is 22.1 Å². The van der Waals surface area contributed by atoms with Crippen LogP contribution in [0.1, 0.15) is 107 Å². The highest BCUT2D eigenvalue weighted by Gasteiger charge is 2.24. The Labute approximate surface area is 370 Å². The van der Waals surface area contributed by atoms with Crippen LogP contribution in [0.4, 0.5) is 0 Å². The van der Waals surface area contributed by atoms with Gasteiger partial charge in [-0.1, -0.05) is 0 Å². The molecule has 4 N–H and O–H groups in total. The van der Waals surface area contributed by atoms with Crippen LogP contribution in [0.15, 0.2) is 58.5 Å². The first kappa shape index (κ1) is 46.6. The van der Waals surface area contributed by atoms with Gasteiger partial charge < -0.3 is 39.4 Å². The maximum Gasteiger partial charge on any atom is 0.298 e. The number of fused-ring (bicyclic) bond motifs is 2. The van der Waals surface area contributed by atoms with Crippen molar-refractivity contribution < 1.29 is 28.7 Å². The summed E-state index contributed by atoms with van der Waals surface area (Å²) in [5.74, 6) is -2.35. The molecule has 19 heteroatoms. The van der Waals surface area contributed by atoms with Gasteiger partial charge in [0.2, 0.25) is 29.0 Å². The molecular formula is C45H59N13O6. The fourth-order valence-corrected chi connectivity index (χ4v) is 8.36. The van der Waals surface area contributed by atoms with E-state index in [4.69, 9.17) is 16.2 Å². The van der Waals surface area contributed by atoms with Crippen molar-refractivity contribution in [3.63, 3.8) is 0 Å². The standard InChI is InChI=1S/C45H59N13O6/c1-11-56-37(21-28(7)50-56)42(62)48-44-52(9)35-23-30(40(46)60)13-15-33(35)54(44)19-17-32(64-25-39(59)58(26(3)4)27(5)6)18-20-55-34-16-14-31(41(47)61)24-36(34)53(10)45(55)49-43(63)38-22-29(8)51-57(38)12-2/h13-16,21-24,26-27,32H,11-12,17-20,25H2,1-10H3,(H2,46,60)(H2,47,61). The zero-order chi connectivity index (χ0) is 46.7. The molecule has 19 nitrogen and oxygen atoms in total. The van der Waals surface area contributed by atoms with Crippen LogP contribution in [-0.4, -0.2) is 97.1 Å². The van der Waals surface area contributed by atoms with Crippen LogP contribution in [-0.2, 0) is 49.8 Å². The summed E-state index contributed by atoms with van der Waals surface area (Å²) in [4.78, 5) is 77.0. The molecule has 0 bridgehead atoms. The predicted molar refractivity (Wildman–Crippen MR) is 240 cm³/mol. The second-order valence-electron chi connectivity index (χ2n) is 16.5. The smallest absolute Gasteiger partial charge is 0.298 e. The van der Waals surface area contributed by atoms with Crippen LogP contribution >= 0.6 is 0 Å². The molecule has 5 amide bonds. The van der Waals surface area contributed by atoms with E-state index >= 15 is 0 Å². The highest BCUT2D eigenvalue weighted by molar-refractivity contribution is 5.98. The molecule has 0 saturated heterocycles. The number of rotatable bonds is 17. The van der Waals surface area contributed by atoms with Gasteiger partial charge in [0.05, 0.1) is 39.6 Å². The Bertz CT molecular complexity index is 2730. The summed E-state index contributed by atoms with van der Waals surface area (Å²) >= 11 is 0. The van der Waals surface area contributed by atoms with Crippen LogP contribution in [0, 0.1) is 13.8 Å². The summed E-state index contributed by atoms with van der Waals surface area (Å²) in [6.45, 7) is 16.5. The number of hydrogen-bond donors (Lipinski definition) is 2. The van der Waals surface area contributed by atoms with E-state index in [1.807, 2.05) is 64.5 Å². The summed E-state index contributed by atoms with van der Waals surface area (Å²) in [5.41, 5.74) is 17.2. The Morgan fingerprint density at radius 3 is 1.42 bits per heavy atom. The third-order valence-electron chi connectivity index (χ3n) is 11.3. The second kappa shape index (κ2) is 19.2. The van der Waals surface area contributed by atoms with Crippen molar-refractivity contribution >= 4 is 51.6 Å². The lowest BCUT2D eigenvalue weighted by atomic mass is 10.1. The number of imidazole rings is 2. The lowest BCUT2D eigenvalue weighted by Crippen LogP contribution is -2.44. The van der Waals surface area contributed by atoms with Gasteiger partial charge in [-0.3, -0.25) is 33.3 Å². The number of hydrogen-bond acceptors (Lipinski definition) is 8. The predicted octanol–water partition coefficient (Wildman–Crippen LogP) is 3.51. The molecule has 0 atom stereocenters. The second-order valence-corrected chi connectivity index (χ2v) is 16.5. The van der Waals surface area contributed by atoms with Crippen molar-refractivity contribution in [2.45, 2.75) is 113 Å². The molecule has 2 aromatic carbocycles. The van der Waals surface area contributed by atoms with Gasteiger partial charge in [-0.2, -0.15) is 20.2 Å². The van der Waals surface area contributed by atoms with E-state index in [2.05, 4.69) is 20.2 Å². The molecule has 64 heavy (non-hydrogen) atoms. The van der Waals surface area contributed by atoms with Crippen molar-refractivity contribution in [2.24, 2.45) is 35.5 Å². The summed E-state index contributed by atoms with van der Waals surface area (Å²) in [5, 5.41) is 8.86. The summed E-state index contributed by atoms with van der Waals surface area (Å²) < 4.78 is 17.0. The Balaban J connectivity index is 1.44. The Morgan fingerprint density at radius 1 is 0.656 bits per heavy atom. The molecule has 0 aliphatic rings. The highest BCUT2D eigenvalue weighted by atomic mass is 16.5. The van der Waals surface area contributed by atoms with Gasteiger partial charge in [0.25, 0.3) is 11.8 Å². The first-order valence-corrected chi connectivity index (χ1v) is 21.5. The first-order chi connectivity index (χ1) is 30.3. The number of aryl methyl sites for hydroxylation is 8. The molecule has 0 aliphatic heterocycles. The Kier molecular flexibility index (Phi) is 14.0. The lowest BCUT2D eigenvalue weighted by Gasteiger charge is -2.31. The fraction of sp³-hybridized carbons (Fsp3) is 0.444. The van der Waals surface area contributed by atoms with Gasteiger partial charge in [-0.25, -0.2) is 0 Å². The minimum absolute atomic E-state index is 0.0633. The quantitative estimate of drug-likeness (QED) is 0.137. The van der Waals surface area contributed by atoms with Crippen LogP contribution in [0.2, 0.25) is 0 Å². The normalized spacial score (nSPS) is 12.9. The van der Waals surface area contributed by atoms with E-state index in [0.29, 0.717) is 93.1 Å². The van der Waals surface area contributed by atoms with Gasteiger partial charge in [-0.15, -0.1) is 0 Å². The van der Waals surface area contributed by atoms with Crippen molar-refractivity contribution in [1.29, 1.82) is 0 Å². The third kappa shape index (κ3) is 9.53. The number of amides is 5. The molecular weight excluding hydrogens is 819 g/mol. The van der Waals surface area contributed by atoms with Gasteiger partial charge in [0, 0.05) is 63.5 Å². The molecule has 340 valence electrons.